The molecule has 0 radical (unpaired) electrons. The van der Waals surface area contributed by atoms with Gasteiger partial charge in [-0.15, -0.1) is 0 Å². The highest BCUT2D eigenvalue weighted by Gasteiger charge is 2.17. The van der Waals surface area contributed by atoms with Gasteiger partial charge in [0.15, 0.2) is 0 Å². The van der Waals surface area contributed by atoms with Crippen LogP contribution in [0.1, 0.15) is 18.4 Å². The van der Waals surface area contributed by atoms with E-state index in [2.05, 4.69) is 17.3 Å². The minimum atomic E-state index is 0.483. The molecule has 3 N–H and O–H groups in total. The van der Waals surface area contributed by atoms with Crippen LogP contribution in [0.5, 0.6) is 0 Å². The van der Waals surface area contributed by atoms with Crippen LogP contribution in [0.25, 0.3) is 0 Å². The number of hydrogen-bond donors (Lipinski definition) is 2. The second-order valence-corrected chi connectivity index (χ2v) is 5.34. The zero-order valence-corrected chi connectivity index (χ0v) is 11.2. The van der Waals surface area contributed by atoms with E-state index in [4.69, 9.17) is 17.3 Å². The van der Waals surface area contributed by atoms with Crippen molar-refractivity contribution < 1.29 is 0 Å². The number of halogens is 1. The summed E-state index contributed by atoms with van der Waals surface area (Å²) >= 11 is 6.04. The van der Waals surface area contributed by atoms with E-state index in [1.807, 2.05) is 19.1 Å². The van der Waals surface area contributed by atoms with E-state index in [1.54, 1.807) is 0 Å². The summed E-state index contributed by atoms with van der Waals surface area (Å²) < 4.78 is 0. The van der Waals surface area contributed by atoms with E-state index in [1.165, 1.54) is 19.4 Å². The zero-order valence-electron chi connectivity index (χ0n) is 10.5. The number of nitrogens with zero attached hydrogens (tertiary/aromatic N) is 1. The van der Waals surface area contributed by atoms with Gasteiger partial charge in [0, 0.05) is 17.6 Å². The van der Waals surface area contributed by atoms with E-state index in [-0.39, 0.29) is 0 Å². The molecule has 1 aliphatic heterocycles. The molecule has 94 valence electrons. The number of rotatable bonds is 2. The van der Waals surface area contributed by atoms with Crippen molar-refractivity contribution in [3.05, 3.63) is 22.7 Å². The molecule has 0 amide bonds. The molecule has 0 spiro atoms. The fourth-order valence-corrected chi connectivity index (χ4v) is 2.50. The van der Waals surface area contributed by atoms with Crippen molar-refractivity contribution in [2.24, 2.45) is 0 Å². The zero-order chi connectivity index (χ0) is 12.4. The van der Waals surface area contributed by atoms with E-state index >= 15 is 0 Å². The predicted octanol–water partition coefficient (Wildman–Crippen LogP) is 2.74. The molecule has 1 saturated heterocycles. The second kappa shape index (κ2) is 5.15. The van der Waals surface area contributed by atoms with Crippen LogP contribution in [0.15, 0.2) is 12.1 Å². The van der Waals surface area contributed by atoms with Gasteiger partial charge in [-0.05, 0) is 51.1 Å². The van der Waals surface area contributed by atoms with Gasteiger partial charge >= 0.3 is 0 Å². The number of likely N-dealkylation sites (tertiary alicyclic amines) is 1. The van der Waals surface area contributed by atoms with Gasteiger partial charge in [-0.1, -0.05) is 11.6 Å². The number of nitrogens with one attached hydrogen (secondary N) is 1. The maximum absolute atomic E-state index is 6.04. The molecule has 1 atom stereocenters. The van der Waals surface area contributed by atoms with Crippen molar-refractivity contribution in [1.29, 1.82) is 0 Å². The summed E-state index contributed by atoms with van der Waals surface area (Å²) in [4.78, 5) is 2.35. The number of nitrogen functional groups attached to an aromatic ring is 1. The van der Waals surface area contributed by atoms with Crippen LogP contribution in [0.3, 0.4) is 0 Å². The molecule has 3 nitrogen and oxygen atoms in total. The molecule has 1 aromatic carbocycles. The summed E-state index contributed by atoms with van der Waals surface area (Å²) in [6, 6.07) is 4.34. The Morgan fingerprint density at radius 1 is 1.47 bits per heavy atom. The Morgan fingerprint density at radius 3 is 2.94 bits per heavy atom. The third-order valence-corrected chi connectivity index (χ3v) is 3.72. The van der Waals surface area contributed by atoms with Crippen LogP contribution in [0, 0.1) is 6.92 Å². The summed E-state index contributed by atoms with van der Waals surface area (Å²) in [6.07, 6.45) is 2.44. The third-order valence-electron chi connectivity index (χ3n) is 3.31. The van der Waals surface area contributed by atoms with Crippen molar-refractivity contribution in [3.8, 4) is 0 Å². The lowest BCUT2D eigenvalue weighted by molar-refractivity contribution is 0.261. The number of aryl methyl sites for hydroxylation is 1. The molecule has 2 rings (SSSR count). The van der Waals surface area contributed by atoms with Crippen LogP contribution < -0.4 is 11.1 Å². The van der Waals surface area contributed by atoms with Gasteiger partial charge in [-0.25, -0.2) is 0 Å². The van der Waals surface area contributed by atoms with Crippen LogP contribution >= 0.6 is 11.6 Å². The van der Waals surface area contributed by atoms with E-state index in [0.29, 0.717) is 6.04 Å². The van der Waals surface area contributed by atoms with Gasteiger partial charge in [0.1, 0.15) is 0 Å². The summed E-state index contributed by atoms with van der Waals surface area (Å²) in [5, 5.41) is 4.25. The van der Waals surface area contributed by atoms with Crippen LogP contribution in [-0.2, 0) is 0 Å². The molecular formula is C13H20ClN3. The highest BCUT2D eigenvalue weighted by atomic mass is 35.5. The van der Waals surface area contributed by atoms with E-state index < -0.39 is 0 Å². The lowest BCUT2D eigenvalue weighted by Crippen LogP contribution is -2.39. The van der Waals surface area contributed by atoms with Crippen molar-refractivity contribution >= 4 is 23.0 Å². The molecule has 4 heteroatoms. The number of likely N-dealkylation sites (N-methyl/N-ethyl adjacent to an activating group) is 1. The maximum Gasteiger partial charge on any atom is 0.0580 e. The Morgan fingerprint density at radius 2 is 2.24 bits per heavy atom. The van der Waals surface area contributed by atoms with E-state index in [9.17, 15) is 0 Å². The van der Waals surface area contributed by atoms with Crippen LogP contribution in [-0.4, -0.2) is 31.1 Å². The number of nitrogens with two attached hydrogens (primary N) is 1. The summed E-state index contributed by atoms with van der Waals surface area (Å²) in [5.41, 5.74) is 8.78. The summed E-state index contributed by atoms with van der Waals surface area (Å²) in [7, 11) is 2.16. The molecule has 1 heterocycles. The van der Waals surface area contributed by atoms with Crippen molar-refractivity contribution in [3.63, 3.8) is 0 Å². The minimum Gasteiger partial charge on any atom is -0.397 e. The van der Waals surface area contributed by atoms with E-state index in [0.717, 1.165) is 28.5 Å². The smallest absolute Gasteiger partial charge is 0.0580 e. The Bertz CT molecular complexity index is 406. The molecule has 0 bridgehead atoms. The summed E-state index contributed by atoms with van der Waals surface area (Å²) in [6.45, 7) is 4.26. The molecule has 0 aliphatic carbocycles. The molecule has 1 fully saturated rings. The fraction of sp³-hybridized carbons (Fsp3) is 0.538. The lowest BCUT2D eigenvalue weighted by Gasteiger charge is -2.31. The highest BCUT2D eigenvalue weighted by Crippen LogP contribution is 2.28. The van der Waals surface area contributed by atoms with Crippen molar-refractivity contribution in [2.45, 2.75) is 25.8 Å². The molecule has 0 aromatic heterocycles. The quantitative estimate of drug-likeness (QED) is 0.797. The first-order chi connectivity index (χ1) is 8.06. The van der Waals surface area contributed by atoms with Gasteiger partial charge < -0.3 is 16.0 Å². The Kier molecular flexibility index (Phi) is 3.79. The molecule has 1 aliphatic rings. The number of anilines is 2. The number of benzene rings is 1. The normalized spacial score (nSPS) is 21.5. The lowest BCUT2D eigenvalue weighted by atomic mass is 10.1. The standard InChI is InChI=1S/C13H20ClN3/c1-9-6-13(12(15)7-11(9)14)16-10-4-3-5-17(2)8-10/h6-7,10,16H,3-5,8,15H2,1-2H3. The maximum atomic E-state index is 6.04. The topological polar surface area (TPSA) is 41.3 Å². The molecule has 1 aromatic rings. The predicted molar refractivity (Wildman–Crippen MR) is 74.7 cm³/mol. The summed E-state index contributed by atoms with van der Waals surface area (Å²) in [5.74, 6) is 0. The van der Waals surface area contributed by atoms with Gasteiger partial charge in [0.2, 0.25) is 0 Å². The highest BCUT2D eigenvalue weighted by molar-refractivity contribution is 6.31. The molecule has 0 saturated carbocycles. The Balaban J connectivity index is 2.10. The number of hydrogen-bond acceptors (Lipinski definition) is 3. The first-order valence-corrected chi connectivity index (χ1v) is 6.45. The number of piperidine rings is 1. The molecular weight excluding hydrogens is 234 g/mol. The van der Waals surface area contributed by atoms with Crippen LogP contribution in [0.4, 0.5) is 11.4 Å². The second-order valence-electron chi connectivity index (χ2n) is 4.93. The largest absolute Gasteiger partial charge is 0.397 e. The Hall–Kier alpha value is -0.930. The van der Waals surface area contributed by atoms with Gasteiger partial charge in [0.25, 0.3) is 0 Å². The minimum absolute atomic E-state index is 0.483. The average Bonchev–Trinajstić information content (AvgIpc) is 2.26. The van der Waals surface area contributed by atoms with Crippen LogP contribution in [0.2, 0.25) is 5.02 Å². The fourth-order valence-electron chi connectivity index (χ4n) is 2.33. The average molecular weight is 254 g/mol. The van der Waals surface area contributed by atoms with Gasteiger partial charge in [0.05, 0.1) is 11.4 Å². The first-order valence-electron chi connectivity index (χ1n) is 6.07. The molecule has 1 unspecified atom stereocenters. The molecule has 17 heavy (non-hydrogen) atoms. The monoisotopic (exact) mass is 253 g/mol. The van der Waals surface area contributed by atoms with Gasteiger partial charge in [-0.3, -0.25) is 0 Å². The van der Waals surface area contributed by atoms with Gasteiger partial charge in [-0.2, -0.15) is 0 Å². The van der Waals surface area contributed by atoms with Crippen molar-refractivity contribution in [2.75, 3.05) is 31.2 Å². The first kappa shape index (κ1) is 12.5. The third kappa shape index (κ3) is 3.05. The van der Waals surface area contributed by atoms with Crippen molar-refractivity contribution in [1.82, 2.24) is 4.90 Å². The SMILES string of the molecule is Cc1cc(NC2CCCN(C)C2)c(N)cc1Cl. The Labute approximate surface area is 108 Å².